The minimum atomic E-state index is -0.231. The average Bonchev–Trinajstić information content (AvgIpc) is 3.15. The number of nitrogens with one attached hydrogen (secondary N) is 2. The third-order valence-electron chi connectivity index (χ3n) is 4.96. The summed E-state index contributed by atoms with van der Waals surface area (Å²) < 4.78 is 0. The highest BCUT2D eigenvalue weighted by atomic mass is 127. The van der Waals surface area contributed by atoms with Crippen LogP contribution in [0.25, 0.3) is 0 Å². The van der Waals surface area contributed by atoms with Crippen LogP contribution in [0.5, 0.6) is 0 Å². The van der Waals surface area contributed by atoms with Crippen LogP contribution in [-0.4, -0.2) is 48.5 Å². The van der Waals surface area contributed by atoms with Crippen molar-refractivity contribution in [1.29, 1.82) is 0 Å². The number of guanidine groups is 1. The molecule has 1 saturated heterocycles. The van der Waals surface area contributed by atoms with E-state index in [4.69, 9.17) is 5.73 Å². The molecule has 4 N–H and O–H groups in total. The highest BCUT2D eigenvalue weighted by Crippen LogP contribution is 2.24. The van der Waals surface area contributed by atoms with Gasteiger partial charge < -0.3 is 21.3 Å². The second-order valence-electron chi connectivity index (χ2n) is 7.14. The van der Waals surface area contributed by atoms with Gasteiger partial charge in [-0.15, -0.1) is 35.3 Å². The number of primary amides is 1. The lowest BCUT2D eigenvalue weighted by molar-refractivity contribution is -0.122. The lowest BCUT2D eigenvalue weighted by atomic mass is 9.97. The molecule has 1 aliphatic rings. The fraction of sp³-hybridized carbons (Fsp3) is 0.500. The summed E-state index contributed by atoms with van der Waals surface area (Å²) in [5.74, 6) is 1.29. The van der Waals surface area contributed by atoms with Gasteiger partial charge in [-0.25, -0.2) is 9.97 Å². The molecular weight excluding hydrogens is 513 g/mol. The number of carbonyl (C=O) groups excluding carboxylic acids is 1. The number of halogens is 1. The van der Waals surface area contributed by atoms with E-state index in [-0.39, 0.29) is 35.8 Å². The zero-order chi connectivity index (χ0) is 20.6. The lowest BCUT2D eigenvalue weighted by Gasteiger charge is -2.33. The number of anilines is 1. The summed E-state index contributed by atoms with van der Waals surface area (Å²) in [5.41, 5.74) is 6.59. The van der Waals surface area contributed by atoms with Gasteiger partial charge in [0.2, 0.25) is 5.91 Å². The first-order valence-corrected chi connectivity index (χ1v) is 10.7. The van der Waals surface area contributed by atoms with Crippen LogP contribution in [0.4, 0.5) is 5.82 Å². The Morgan fingerprint density at radius 2 is 2.23 bits per heavy atom. The van der Waals surface area contributed by atoms with Crippen LogP contribution in [0.1, 0.15) is 28.3 Å². The van der Waals surface area contributed by atoms with Crippen LogP contribution in [0.3, 0.4) is 0 Å². The van der Waals surface area contributed by atoms with Crippen molar-refractivity contribution in [2.24, 2.45) is 16.6 Å². The summed E-state index contributed by atoms with van der Waals surface area (Å²) in [6, 6.07) is 3.98. The number of nitrogens with two attached hydrogens (primary N) is 1. The van der Waals surface area contributed by atoms with Crippen LogP contribution in [0.2, 0.25) is 0 Å². The molecule has 3 heterocycles. The lowest BCUT2D eigenvalue weighted by Crippen LogP contribution is -2.42. The maximum atomic E-state index is 11.6. The van der Waals surface area contributed by atoms with E-state index in [0.29, 0.717) is 13.1 Å². The van der Waals surface area contributed by atoms with Crippen molar-refractivity contribution in [2.45, 2.75) is 32.7 Å². The number of aromatic nitrogens is 2. The number of aryl methyl sites for hydroxylation is 1. The first-order chi connectivity index (χ1) is 14.1. The quantitative estimate of drug-likeness (QED) is 0.281. The molecule has 0 aromatic carbocycles. The number of thiazole rings is 1. The van der Waals surface area contributed by atoms with Crippen LogP contribution < -0.4 is 21.3 Å². The van der Waals surface area contributed by atoms with Crippen LogP contribution in [-0.2, 0) is 17.8 Å². The van der Waals surface area contributed by atoms with Crippen molar-refractivity contribution < 1.29 is 4.79 Å². The number of pyridine rings is 1. The van der Waals surface area contributed by atoms with Gasteiger partial charge in [0.15, 0.2) is 5.96 Å². The molecule has 8 nitrogen and oxygen atoms in total. The Balaban J connectivity index is 0.00000320. The molecule has 1 amide bonds. The minimum absolute atomic E-state index is 0. The topological polar surface area (TPSA) is 109 Å². The number of hydrogen-bond acceptors (Lipinski definition) is 6. The van der Waals surface area contributed by atoms with Crippen LogP contribution in [0, 0.1) is 12.8 Å². The second kappa shape index (κ2) is 12.0. The maximum absolute atomic E-state index is 11.6. The Bertz CT molecular complexity index is 857. The molecule has 0 bridgehead atoms. The SMILES string of the molecule is CN=C(NCCc1ncc(C)s1)NCc1cccnc1N1CCCC(C(N)=O)C1.I. The highest BCUT2D eigenvalue weighted by molar-refractivity contribution is 14.0. The van der Waals surface area contributed by atoms with Crippen molar-refractivity contribution in [3.05, 3.63) is 40.0 Å². The van der Waals surface area contributed by atoms with Gasteiger partial charge in [0, 0.05) is 62.5 Å². The van der Waals surface area contributed by atoms with Gasteiger partial charge in [-0.3, -0.25) is 9.79 Å². The van der Waals surface area contributed by atoms with E-state index in [2.05, 4.69) is 43.5 Å². The standard InChI is InChI=1S/C20H29N7OS.HI/c1-14-11-25-17(29-14)7-9-24-20(22-2)26-12-15-5-3-8-23-19(15)27-10-4-6-16(13-27)18(21)28;/h3,5,8,11,16H,4,6-7,9-10,12-13H2,1-2H3,(H2,21,28)(H2,22,24,26);1H. The van der Waals surface area contributed by atoms with Crippen molar-refractivity contribution in [1.82, 2.24) is 20.6 Å². The van der Waals surface area contributed by atoms with E-state index in [1.165, 1.54) is 4.88 Å². The van der Waals surface area contributed by atoms with Gasteiger partial charge in [-0.05, 0) is 25.8 Å². The summed E-state index contributed by atoms with van der Waals surface area (Å²) >= 11 is 1.72. The first kappa shape index (κ1) is 24.3. The third kappa shape index (κ3) is 6.79. The molecule has 3 rings (SSSR count). The average molecular weight is 543 g/mol. The summed E-state index contributed by atoms with van der Waals surface area (Å²) in [6.07, 6.45) is 6.34. The third-order valence-corrected chi connectivity index (χ3v) is 5.93. The summed E-state index contributed by atoms with van der Waals surface area (Å²) in [4.78, 5) is 28.3. The highest BCUT2D eigenvalue weighted by Gasteiger charge is 2.25. The minimum Gasteiger partial charge on any atom is -0.369 e. The number of rotatable bonds is 7. The molecule has 164 valence electrons. The number of piperidine rings is 1. The molecule has 0 saturated carbocycles. The van der Waals surface area contributed by atoms with E-state index in [1.807, 2.05) is 12.3 Å². The molecule has 0 aliphatic carbocycles. The van der Waals surface area contributed by atoms with Gasteiger partial charge in [-0.2, -0.15) is 0 Å². The van der Waals surface area contributed by atoms with E-state index in [1.54, 1.807) is 24.6 Å². The molecule has 2 aromatic heterocycles. The van der Waals surface area contributed by atoms with Crippen LogP contribution >= 0.6 is 35.3 Å². The Labute approximate surface area is 198 Å². The summed E-state index contributed by atoms with van der Waals surface area (Å²) in [6.45, 7) is 4.93. The number of amides is 1. The zero-order valence-corrected chi connectivity index (χ0v) is 20.6. The van der Waals surface area contributed by atoms with Crippen LogP contribution in [0.15, 0.2) is 29.5 Å². The second-order valence-corrected chi connectivity index (χ2v) is 8.46. The molecule has 1 unspecified atom stereocenters. The van der Waals surface area contributed by atoms with Crippen molar-refractivity contribution in [3.8, 4) is 0 Å². The summed E-state index contributed by atoms with van der Waals surface area (Å²) in [7, 11) is 1.76. The number of nitrogens with zero attached hydrogens (tertiary/aromatic N) is 4. The fourth-order valence-electron chi connectivity index (χ4n) is 3.46. The summed E-state index contributed by atoms with van der Waals surface area (Å²) in [5, 5.41) is 7.80. The van der Waals surface area contributed by atoms with E-state index >= 15 is 0 Å². The largest absolute Gasteiger partial charge is 0.369 e. The van der Waals surface area contributed by atoms with Crippen molar-refractivity contribution >= 4 is 53.0 Å². The smallest absolute Gasteiger partial charge is 0.222 e. The molecule has 2 aromatic rings. The molecule has 0 radical (unpaired) electrons. The number of aliphatic imine (C=N–C) groups is 1. The van der Waals surface area contributed by atoms with Gasteiger partial charge in [0.1, 0.15) is 5.82 Å². The molecule has 0 spiro atoms. The monoisotopic (exact) mass is 543 g/mol. The zero-order valence-electron chi connectivity index (χ0n) is 17.4. The Kier molecular flexibility index (Phi) is 9.76. The molecule has 10 heteroatoms. The normalized spacial score (nSPS) is 16.7. The molecule has 1 fully saturated rings. The maximum Gasteiger partial charge on any atom is 0.222 e. The predicted molar refractivity (Wildman–Crippen MR) is 133 cm³/mol. The Morgan fingerprint density at radius 1 is 1.40 bits per heavy atom. The molecule has 30 heavy (non-hydrogen) atoms. The number of carbonyl (C=O) groups is 1. The predicted octanol–water partition coefficient (Wildman–Crippen LogP) is 2.07. The number of hydrogen-bond donors (Lipinski definition) is 3. The Morgan fingerprint density at radius 3 is 2.93 bits per heavy atom. The Hall–Kier alpha value is -1.95. The molecular formula is C20H30IN7OS. The van der Waals surface area contributed by atoms with Crippen molar-refractivity contribution in [2.75, 3.05) is 31.6 Å². The van der Waals surface area contributed by atoms with E-state index in [9.17, 15) is 4.79 Å². The van der Waals surface area contributed by atoms with Crippen molar-refractivity contribution in [3.63, 3.8) is 0 Å². The van der Waals surface area contributed by atoms with E-state index in [0.717, 1.165) is 54.7 Å². The molecule has 1 aliphatic heterocycles. The van der Waals surface area contributed by atoms with Gasteiger partial charge in [-0.1, -0.05) is 6.07 Å². The molecule has 1 atom stereocenters. The van der Waals surface area contributed by atoms with E-state index < -0.39 is 0 Å². The van der Waals surface area contributed by atoms with Gasteiger partial charge >= 0.3 is 0 Å². The first-order valence-electron chi connectivity index (χ1n) is 9.90. The van der Waals surface area contributed by atoms with Gasteiger partial charge in [0.05, 0.1) is 10.9 Å². The van der Waals surface area contributed by atoms with Gasteiger partial charge in [0.25, 0.3) is 0 Å². The fourth-order valence-corrected chi connectivity index (χ4v) is 4.25.